The molecule has 2 fully saturated rings. The fraction of sp³-hybridized carbons (Fsp3) is 0.381. The van der Waals surface area contributed by atoms with Gasteiger partial charge in [0.05, 0.1) is 11.6 Å². The number of aromatic nitrogens is 4. The van der Waals surface area contributed by atoms with Crippen LogP contribution in [-0.2, 0) is 16.7 Å². The first-order valence-corrected chi connectivity index (χ1v) is 12.3. The number of rotatable bonds is 6. The molecule has 5 rings (SSSR count). The molecule has 0 spiro atoms. The van der Waals surface area contributed by atoms with Crippen molar-refractivity contribution in [2.24, 2.45) is 0 Å². The molecule has 0 N–H and O–H groups in total. The van der Waals surface area contributed by atoms with Gasteiger partial charge in [0.15, 0.2) is 10.6 Å². The largest absolute Gasteiger partial charge is 0.297 e. The first-order valence-electron chi connectivity index (χ1n) is 10.4. The van der Waals surface area contributed by atoms with E-state index in [1.807, 2.05) is 22.9 Å². The summed E-state index contributed by atoms with van der Waals surface area (Å²) >= 11 is 5.76. The summed E-state index contributed by atoms with van der Waals surface area (Å²) in [6.45, 7) is 2.72. The van der Waals surface area contributed by atoms with Crippen LogP contribution in [0.3, 0.4) is 0 Å². The van der Waals surface area contributed by atoms with Gasteiger partial charge in [-0.15, -0.1) is 0 Å². The third-order valence-electron chi connectivity index (χ3n) is 5.77. The fourth-order valence-electron chi connectivity index (χ4n) is 3.91. The second kappa shape index (κ2) is 8.27. The van der Waals surface area contributed by atoms with Crippen LogP contribution in [0.15, 0.2) is 59.8 Å². The minimum absolute atomic E-state index is 0.343. The van der Waals surface area contributed by atoms with E-state index in [1.165, 1.54) is 0 Å². The van der Waals surface area contributed by atoms with E-state index in [0.717, 1.165) is 24.2 Å². The summed E-state index contributed by atoms with van der Waals surface area (Å²) in [5, 5.41) is 4.82. The predicted molar refractivity (Wildman–Crippen MR) is 119 cm³/mol. The molecular weight excluding hydrogens is 432 g/mol. The maximum atomic E-state index is 12.9. The Morgan fingerprint density at radius 3 is 2.29 bits per heavy atom. The van der Waals surface area contributed by atoms with Crippen molar-refractivity contribution in [1.82, 2.24) is 28.5 Å². The Morgan fingerprint density at radius 1 is 0.968 bits per heavy atom. The van der Waals surface area contributed by atoms with Gasteiger partial charge < -0.3 is 0 Å². The summed E-state index contributed by atoms with van der Waals surface area (Å²) in [5.41, 5.74) is 1.01. The second-order valence-corrected chi connectivity index (χ2v) is 10.2. The van der Waals surface area contributed by atoms with Crippen molar-refractivity contribution < 1.29 is 8.42 Å². The normalized spacial score (nSPS) is 18.3. The van der Waals surface area contributed by atoms with Crippen molar-refractivity contribution in [3.05, 3.63) is 59.6 Å². The lowest BCUT2D eigenvalue weighted by molar-refractivity contribution is 0.144. The van der Waals surface area contributed by atoms with Gasteiger partial charge in [0.1, 0.15) is 0 Å². The van der Waals surface area contributed by atoms with Crippen LogP contribution >= 0.6 is 12.2 Å². The highest BCUT2D eigenvalue weighted by Gasteiger charge is 2.31. The molecule has 1 aliphatic carbocycles. The number of nitrogens with zero attached hydrogens (tertiary/aromatic N) is 6. The van der Waals surface area contributed by atoms with Gasteiger partial charge in [0.2, 0.25) is 10.0 Å². The zero-order valence-electron chi connectivity index (χ0n) is 17.0. The smallest absolute Gasteiger partial charge is 0.243 e. The number of benzene rings is 1. The van der Waals surface area contributed by atoms with Crippen molar-refractivity contribution in [3.8, 4) is 11.4 Å². The van der Waals surface area contributed by atoms with Gasteiger partial charge in [-0.3, -0.25) is 14.5 Å². The molecule has 0 amide bonds. The Labute approximate surface area is 186 Å². The number of sulfonamides is 1. The van der Waals surface area contributed by atoms with Gasteiger partial charge in [-0.2, -0.15) is 9.40 Å². The standard InChI is InChI=1S/C21H24N6O2S2/c28-31(29,19-4-2-1-3-5-19)25-14-12-24(13-15-25)16-26-21(30)27(18-6-7-18)20(23-26)17-8-10-22-11-9-17/h1-5,8-11,18H,6-7,12-16H2. The maximum Gasteiger partial charge on any atom is 0.243 e. The summed E-state index contributed by atoms with van der Waals surface area (Å²) < 4.78 is 32.0. The average Bonchev–Trinajstić information content (AvgIpc) is 3.59. The zero-order valence-corrected chi connectivity index (χ0v) is 18.7. The lowest BCUT2D eigenvalue weighted by Crippen LogP contribution is -2.48. The Morgan fingerprint density at radius 2 is 1.65 bits per heavy atom. The van der Waals surface area contributed by atoms with Gasteiger partial charge in [-0.05, 0) is 49.3 Å². The molecule has 162 valence electrons. The van der Waals surface area contributed by atoms with Crippen LogP contribution in [0, 0.1) is 4.77 Å². The molecule has 1 aliphatic heterocycles. The minimum Gasteiger partial charge on any atom is -0.297 e. The maximum absolute atomic E-state index is 12.9. The van der Waals surface area contributed by atoms with E-state index in [4.69, 9.17) is 17.3 Å². The van der Waals surface area contributed by atoms with Crippen LogP contribution in [-0.4, -0.2) is 63.1 Å². The van der Waals surface area contributed by atoms with Crippen LogP contribution in [0.4, 0.5) is 0 Å². The van der Waals surface area contributed by atoms with E-state index in [2.05, 4.69) is 14.5 Å². The Kier molecular flexibility index (Phi) is 5.47. The lowest BCUT2D eigenvalue weighted by Gasteiger charge is -2.33. The summed E-state index contributed by atoms with van der Waals surface area (Å²) in [7, 11) is -3.45. The van der Waals surface area contributed by atoms with Crippen LogP contribution in [0.5, 0.6) is 0 Å². The molecule has 1 saturated heterocycles. The molecule has 3 heterocycles. The number of hydrogen-bond acceptors (Lipinski definition) is 6. The van der Waals surface area contributed by atoms with Crippen LogP contribution < -0.4 is 0 Å². The SMILES string of the molecule is O=S(=O)(c1ccccc1)N1CCN(Cn2nc(-c3ccncc3)n(C3CC3)c2=S)CC1. The fourth-order valence-corrected chi connectivity index (χ4v) is 5.69. The van der Waals surface area contributed by atoms with Crippen molar-refractivity contribution >= 4 is 22.2 Å². The molecule has 2 aliphatic rings. The van der Waals surface area contributed by atoms with Gasteiger partial charge in [0.25, 0.3) is 0 Å². The Balaban J connectivity index is 1.32. The molecule has 10 heteroatoms. The molecule has 3 aromatic rings. The topological polar surface area (TPSA) is 76.3 Å². The molecule has 2 aromatic heterocycles. The molecule has 31 heavy (non-hydrogen) atoms. The van der Waals surface area contributed by atoms with Crippen molar-refractivity contribution in [1.29, 1.82) is 0 Å². The predicted octanol–water partition coefficient (Wildman–Crippen LogP) is 2.77. The summed E-state index contributed by atoms with van der Waals surface area (Å²) in [4.78, 5) is 6.65. The molecule has 0 radical (unpaired) electrons. The van der Waals surface area contributed by atoms with Crippen molar-refractivity contribution in [3.63, 3.8) is 0 Å². The highest BCUT2D eigenvalue weighted by atomic mass is 32.2. The second-order valence-electron chi connectivity index (χ2n) is 7.92. The first kappa shape index (κ1) is 20.5. The van der Waals surface area contributed by atoms with E-state index in [-0.39, 0.29) is 0 Å². The van der Waals surface area contributed by atoms with Crippen LogP contribution in [0.25, 0.3) is 11.4 Å². The van der Waals surface area contributed by atoms with E-state index in [9.17, 15) is 8.42 Å². The van der Waals surface area contributed by atoms with Crippen LogP contribution in [0.1, 0.15) is 18.9 Å². The lowest BCUT2D eigenvalue weighted by atomic mass is 10.2. The van der Waals surface area contributed by atoms with E-state index in [1.54, 1.807) is 41.0 Å². The van der Waals surface area contributed by atoms with Gasteiger partial charge in [-0.1, -0.05) is 18.2 Å². The Bertz CT molecular complexity index is 1210. The van der Waals surface area contributed by atoms with E-state index in [0.29, 0.717) is 48.6 Å². The number of hydrogen-bond donors (Lipinski definition) is 0. The molecule has 8 nitrogen and oxygen atoms in total. The summed E-state index contributed by atoms with van der Waals surface area (Å²) in [6.07, 6.45) is 5.77. The molecule has 1 aromatic carbocycles. The highest BCUT2D eigenvalue weighted by Crippen LogP contribution is 2.38. The monoisotopic (exact) mass is 456 g/mol. The van der Waals surface area contributed by atoms with Gasteiger partial charge in [0, 0.05) is 50.2 Å². The zero-order chi connectivity index (χ0) is 21.4. The molecule has 0 unspecified atom stereocenters. The molecular formula is C21H24N6O2S2. The van der Waals surface area contributed by atoms with E-state index >= 15 is 0 Å². The molecule has 0 atom stereocenters. The van der Waals surface area contributed by atoms with Gasteiger partial charge in [-0.25, -0.2) is 13.1 Å². The minimum atomic E-state index is -3.45. The van der Waals surface area contributed by atoms with Crippen molar-refractivity contribution in [2.45, 2.75) is 30.4 Å². The number of pyridine rings is 1. The summed E-state index contributed by atoms with van der Waals surface area (Å²) in [6, 6.07) is 12.9. The Hall–Kier alpha value is -2.40. The van der Waals surface area contributed by atoms with Crippen LogP contribution in [0.2, 0.25) is 0 Å². The highest BCUT2D eigenvalue weighted by molar-refractivity contribution is 7.89. The molecule has 1 saturated carbocycles. The quantitative estimate of drug-likeness (QED) is 0.531. The van der Waals surface area contributed by atoms with E-state index < -0.39 is 10.0 Å². The summed E-state index contributed by atoms with van der Waals surface area (Å²) in [5.74, 6) is 0.875. The third kappa shape index (κ3) is 4.08. The molecule has 0 bridgehead atoms. The van der Waals surface area contributed by atoms with Gasteiger partial charge >= 0.3 is 0 Å². The van der Waals surface area contributed by atoms with Crippen molar-refractivity contribution in [2.75, 3.05) is 26.2 Å². The number of piperazine rings is 1. The first-order chi connectivity index (χ1) is 15.0. The third-order valence-corrected chi connectivity index (χ3v) is 8.09. The average molecular weight is 457 g/mol.